The number of aromatic amines is 1. The van der Waals surface area contributed by atoms with Gasteiger partial charge >= 0.3 is 6.03 Å². The van der Waals surface area contributed by atoms with E-state index in [1.165, 1.54) is 0 Å². The van der Waals surface area contributed by atoms with Crippen LogP contribution in [0.25, 0.3) is 21.8 Å². The fourth-order valence-electron chi connectivity index (χ4n) is 5.84. The van der Waals surface area contributed by atoms with Gasteiger partial charge in [-0.1, -0.05) is 72.8 Å². The Morgan fingerprint density at radius 2 is 1.58 bits per heavy atom. The number of aromatic nitrogens is 2. The van der Waals surface area contributed by atoms with Crippen LogP contribution >= 0.6 is 0 Å². The lowest BCUT2D eigenvalue weighted by molar-refractivity contribution is 0.252. The quantitative estimate of drug-likeness (QED) is 0.172. The Kier molecular flexibility index (Phi) is 7.57. The summed E-state index contributed by atoms with van der Waals surface area (Å²) in [5.41, 5.74) is 4.76. The van der Waals surface area contributed by atoms with E-state index in [4.69, 9.17) is 4.74 Å². The summed E-state index contributed by atoms with van der Waals surface area (Å²) in [5.74, 6) is -0.0557. The molecule has 0 aliphatic rings. The second-order valence-electron chi connectivity index (χ2n) is 10.4. The van der Waals surface area contributed by atoms with Gasteiger partial charge in [-0.25, -0.2) is 4.79 Å². The van der Waals surface area contributed by atoms with Gasteiger partial charge in [-0.3, -0.25) is 4.79 Å². The third kappa shape index (κ3) is 5.19. The van der Waals surface area contributed by atoms with E-state index in [0.29, 0.717) is 40.9 Å². The van der Waals surface area contributed by atoms with Gasteiger partial charge in [0.05, 0.1) is 29.8 Å². The number of hydrogen-bond acceptors (Lipinski definition) is 4. The van der Waals surface area contributed by atoms with Gasteiger partial charge in [0.15, 0.2) is 0 Å². The Hall–Kier alpha value is -5.50. The molecule has 2 heterocycles. The molecule has 2 aromatic heterocycles. The number of ether oxygens (including phenoxy) is 1. The van der Waals surface area contributed by atoms with Crippen molar-refractivity contribution in [1.29, 1.82) is 0 Å². The molecular formula is C35H32N4O4. The van der Waals surface area contributed by atoms with Crippen molar-refractivity contribution >= 4 is 33.5 Å². The van der Waals surface area contributed by atoms with E-state index in [1.54, 1.807) is 30.9 Å². The Labute approximate surface area is 248 Å². The number of anilines is 1. The number of methoxy groups -OCH3 is 1. The smallest absolute Gasteiger partial charge is 0.319 e. The summed E-state index contributed by atoms with van der Waals surface area (Å²) in [6, 6.07) is 31.9. The Morgan fingerprint density at radius 1 is 0.907 bits per heavy atom. The molecule has 0 fully saturated rings. The molecule has 8 nitrogen and oxygen atoms in total. The van der Waals surface area contributed by atoms with Crippen molar-refractivity contribution in [1.82, 2.24) is 14.9 Å². The van der Waals surface area contributed by atoms with E-state index in [1.807, 2.05) is 91.0 Å². The highest BCUT2D eigenvalue weighted by Crippen LogP contribution is 2.40. The Balaban J connectivity index is 1.42. The number of fused-ring (bicyclic) bond motifs is 2. The third-order valence-electron chi connectivity index (χ3n) is 7.88. The van der Waals surface area contributed by atoms with Gasteiger partial charge in [0.25, 0.3) is 5.56 Å². The first-order valence-electron chi connectivity index (χ1n) is 14.1. The molecule has 0 bridgehead atoms. The van der Waals surface area contributed by atoms with Crippen molar-refractivity contribution in [2.24, 2.45) is 7.05 Å². The average Bonchev–Trinajstić information content (AvgIpc) is 3.40. The van der Waals surface area contributed by atoms with Crippen LogP contribution in [0.3, 0.4) is 0 Å². The van der Waals surface area contributed by atoms with Crippen LogP contribution < -0.4 is 20.9 Å². The van der Waals surface area contributed by atoms with E-state index in [9.17, 15) is 14.7 Å². The molecule has 0 saturated carbocycles. The first kappa shape index (κ1) is 27.7. The number of carbonyl (C=O) groups is 1. The maximum Gasteiger partial charge on any atom is 0.319 e. The fourth-order valence-corrected chi connectivity index (χ4v) is 5.84. The zero-order valence-electron chi connectivity index (χ0n) is 23.9. The normalized spacial score (nSPS) is 11.9. The minimum Gasteiger partial charge on any atom is -0.507 e. The van der Waals surface area contributed by atoms with Gasteiger partial charge in [0.1, 0.15) is 11.5 Å². The van der Waals surface area contributed by atoms with Gasteiger partial charge in [0, 0.05) is 35.6 Å². The third-order valence-corrected chi connectivity index (χ3v) is 7.88. The zero-order chi connectivity index (χ0) is 29.9. The number of nitrogens with one attached hydrogen (secondary N) is 3. The molecule has 2 amide bonds. The number of amides is 2. The predicted molar refractivity (Wildman–Crippen MR) is 170 cm³/mol. The highest BCUT2D eigenvalue weighted by Gasteiger charge is 2.30. The number of nitrogens with zero attached hydrogens (tertiary/aromatic N) is 1. The van der Waals surface area contributed by atoms with Gasteiger partial charge in [0.2, 0.25) is 0 Å². The van der Waals surface area contributed by atoms with Gasteiger partial charge in [-0.15, -0.1) is 0 Å². The van der Waals surface area contributed by atoms with Crippen LogP contribution in [0.4, 0.5) is 10.5 Å². The van der Waals surface area contributed by atoms with Gasteiger partial charge < -0.3 is 30.0 Å². The second-order valence-corrected chi connectivity index (χ2v) is 10.4. The summed E-state index contributed by atoms with van der Waals surface area (Å²) in [6.07, 6.45) is 0.483. The number of aryl methyl sites for hydroxylation is 1. The first-order chi connectivity index (χ1) is 21.0. The molecule has 1 unspecified atom stereocenters. The number of benzene rings is 4. The number of hydrogen-bond donors (Lipinski definition) is 4. The number of carbonyl (C=O) groups excluding carboxylic acids is 1. The van der Waals surface area contributed by atoms with Gasteiger partial charge in [-0.2, -0.15) is 0 Å². The average molecular weight is 573 g/mol. The predicted octanol–water partition coefficient (Wildman–Crippen LogP) is 6.28. The van der Waals surface area contributed by atoms with Crippen LogP contribution in [-0.4, -0.2) is 34.3 Å². The standard InChI is InChI=1S/C35H32N4O4/c1-39-28-18-10-7-15-25(28)33(40)31(34(39)41)30(22-12-4-3-5-13-22)32-24(23-14-6-8-16-26(23)37-32)20-21-36-35(42)38-27-17-9-11-19-29(27)43-2/h3-19,30,37,40H,20-21H2,1-2H3,(H2,36,38,42). The van der Waals surface area contributed by atoms with Crippen LogP contribution in [0, 0.1) is 0 Å². The number of aromatic hydroxyl groups is 1. The summed E-state index contributed by atoms with van der Waals surface area (Å²) >= 11 is 0. The molecule has 216 valence electrons. The van der Waals surface area contributed by atoms with Crippen LogP contribution in [0.5, 0.6) is 11.5 Å². The Bertz CT molecular complexity index is 2000. The van der Waals surface area contributed by atoms with Crippen LogP contribution in [0.2, 0.25) is 0 Å². The zero-order valence-corrected chi connectivity index (χ0v) is 23.9. The van der Waals surface area contributed by atoms with Crippen molar-refractivity contribution in [2.45, 2.75) is 12.3 Å². The van der Waals surface area contributed by atoms with Crippen LogP contribution in [-0.2, 0) is 13.5 Å². The summed E-state index contributed by atoms with van der Waals surface area (Å²) in [4.78, 5) is 30.4. The van der Waals surface area contributed by atoms with Crippen molar-refractivity contribution in [2.75, 3.05) is 19.0 Å². The van der Waals surface area contributed by atoms with Crippen molar-refractivity contribution in [3.05, 3.63) is 136 Å². The minimum absolute atomic E-state index is 0.0357. The summed E-state index contributed by atoms with van der Waals surface area (Å²) in [7, 11) is 3.28. The number of rotatable bonds is 8. The van der Waals surface area contributed by atoms with E-state index < -0.39 is 5.92 Å². The van der Waals surface area contributed by atoms with Crippen molar-refractivity contribution < 1.29 is 14.6 Å². The lowest BCUT2D eigenvalue weighted by atomic mass is 9.85. The maximum absolute atomic E-state index is 14.0. The molecule has 4 aromatic carbocycles. The highest BCUT2D eigenvalue weighted by atomic mass is 16.5. The molecule has 0 spiro atoms. The molecule has 6 rings (SSSR count). The topological polar surface area (TPSA) is 108 Å². The van der Waals surface area contributed by atoms with Crippen LogP contribution in [0.1, 0.15) is 28.3 Å². The molecule has 0 aliphatic heterocycles. The summed E-state index contributed by atoms with van der Waals surface area (Å²) in [5, 5.41) is 19.0. The molecule has 8 heteroatoms. The Morgan fingerprint density at radius 3 is 2.37 bits per heavy atom. The molecule has 0 saturated heterocycles. The minimum atomic E-state index is -0.589. The molecule has 1 atom stereocenters. The maximum atomic E-state index is 14.0. The first-order valence-corrected chi connectivity index (χ1v) is 14.1. The molecule has 6 aromatic rings. The molecule has 4 N–H and O–H groups in total. The molecule has 0 radical (unpaired) electrons. The van der Waals surface area contributed by atoms with E-state index >= 15 is 0 Å². The van der Waals surface area contributed by atoms with Crippen molar-refractivity contribution in [3.8, 4) is 11.5 Å². The lowest BCUT2D eigenvalue weighted by Crippen LogP contribution is -2.31. The fraction of sp³-hybridized carbons (Fsp3) is 0.143. The largest absolute Gasteiger partial charge is 0.507 e. The second kappa shape index (κ2) is 11.8. The molecular weight excluding hydrogens is 540 g/mol. The number of pyridine rings is 1. The van der Waals surface area contributed by atoms with E-state index in [2.05, 4.69) is 15.6 Å². The summed E-state index contributed by atoms with van der Waals surface area (Å²) < 4.78 is 6.93. The van der Waals surface area contributed by atoms with Gasteiger partial charge in [-0.05, 0) is 47.9 Å². The van der Waals surface area contributed by atoms with Crippen LogP contribution in [0.15, 0.2) is 108 Å². The highest BCUT2D eigenvalue weighted by molar-refractivity contribution is 5.91. The molecule has 0 aliphatic carbocycles. The van der Waals surface area contributed by atoms with E-state index in [0.717, 1.165) is 27.7 Å². The van der Waals surface area contributed by atoms with Crippen molar-refractivity contribution in [3.63, 3.8) is 0 Å². The van der Waals surface area contributed by atoms with E-state index in [-0.39, 0.29) is 17.3 Å². The SMILES string of the molecule is COc1ccccc1NC(=O)NCCc1c(C(c2ccccc2)c2c(O)c3ccccc3n(C)c2=O)[nH]c2ccccc12. The number of para-hydroxylation sites is 4. The number of H-pyrrole nitrogens is 1. The molecule has 43 heavy (non-hydrogen) atoms. The lowest BCUT2D eigenvalue weighted by Gasteiger charge is -2.22. The summed E-state index contributed by atoms with van der Waals surface area (Å²) in [6.45, 7) is 0.332. The monoisotopic (exact) mass is 572 g/mol. The number of urea groups is 1.